The maximum atomic E-state index is 13.3. The van der Waals surface area contributed by atoms with Crippen molar-refractivity contribution in [1.29, 1.82) is 0 Å². The Morgan fingerprint density at radius 1 is 1.25 bits per heavy atom. The number of benzene rings is 1. The van der Waals surface area contributed by atoms with Gasteiger partial charge in [0.2, 0.25) is 5.95 Å². The molecule has 1 atom stereocenters. The largest absolute Gasteiger partial charge is 0.328 e. The highest BCUT2D eigenvalue weighted by Crippen LogP contribution is 2.35. The van der Waals surface area contributed by atoms with Gasteiger partial charge >= 0.3 is 0 Å². The zero-order valence-electron chi connectivity index (χ0n) is 16.4. The molecular formula is C20H23N7O. The molecule has 2 aromatic heterocycles. The number of nitrogens with one attached hydrogen (secondary N) is 2. The van der Waals surface area contributed by atoms with Crippen LogP contribution in [-0.2, 0) is 11.3 Å². The van der Waals surface area contributed by atoms with Gasteiger partial charge in [0.25, 0.3) is 5.91 Å². The molecule has 0 fully saturated rings. The normalized spacial score (nSPS) is 15.9. The average Bonchev–Trinajstić information content (AvgIpc) is 3.31. The number of nitrogens with zero attached hydrogens (tertiary/aromatic N) is 5. The fourth-order valence-electron chi connectivity index (χ4n) is 3.53. The maximum Gasteiger partial charge on any atom is 0.255 e. The lowest BCUT2D eigenvalue weighted by atomic mass is 9.97. The van der Waals surface area contributed by atoms with Crippen LogP contribution in [0.15, 0.2) is 48.2 Å². The maximum absolute atomic E-state index is 13.3. The van der Waals surface area contributed by atoms with Crippen LogP contribution in [0.5, 0.6) is 0 Å². The van der Waals surface area contributed by atoms with Gasteiger partial charge in [-0.3, -0.25) is 9.48 Å². The number of hydrogen-bond acceptors (Lipinski definition) is 5. The van der Waals surface area contributed by atoms with E-state index < -0.39 is 6.04 Å². The second kappa shape index (κ2) is 6.95. The molecule has 0 saturated heterocycles. The van der Waals surface area contributed by atoms with Crippen LogP contribution in [0, 0.1) is 13.8 Å². The molecule has 8 heteroatoms. The van der Waals surface area contributed by atoms with E-state index in [1.807, 2.05) is 56.8 Å². The monoisotopic (exact) mass is 377 g/mol. The van der Waals surface area contributed by atoms with Crippen molar-refractivity contribution in [2.45, 2.75) is 40.3 Å². The van der Waals surface area contributed by atoms with Gasteiger partial charge in [-0.25, -0.2) is 4.68 Å². The number of hydrogen-bond donors (Lipinski definition) is 2. The first kappa shape index (κ1) is 18.0. The molecule has 1 amide bonds. The highest BCUT2D eigenvalue weighted by molar-refractivity contribution is 6.06. The van der Waals surface area contributed by atoms with Crippen molar-refractivity contribution >= 4 is 17.5 Å². The summed E-state index contributed by atoms with van der Waals surface area (Å²) in [5, 5.41) is 15.0. The fraction of sp³-hybridized carbons (Fsp3) is 0.300. The van der Waals surface area contributed by atoms with Crippen LogP contribution in [0.3, 0.4) is 0 Å². The van der Waals surface area contributed by atoms with Crippen LogP contribution in [0.2, 0.25) is 0 Å². The molecule has 0 bridgehead atoms. The van der Waals surface area contributed by atoms with E-state index >= 15 is 0 Å². The molecule has 1 unspecified atom stereocenters. The van der Waals surface area contributed by atoms with Crippen LogP contribution < -0.4 is 10.6 Å². The van der Waals surface area contributed by atoms with Crippen molar-refractivity contribution < 1.29 is 4.79 Å². The fourth-order valence-corrected chi connectivity index (χ4v) is 3.53. The number of amides is 1. The molecular weight excluding hydrogens is 354 g/mol. The van der Waals surface area contributed by atoms with Crippen LogP contribution in [-0.4, -0.2) is 30.5 Å². The summed E-state index contributed by atoms with van der Waals surface area (Å²) in [6.45, 7) is 8.68. The van der Waals surface area contributed by atoms with Gasteiger partial charge in [0, 0.05) is 29.7 Å². The van der Waals surface area contributed by atoms with E-state index in [2.05, 4.69) is 25.8 Å². The smallest absolute Gasteiger partial charge is 0.255 e. The molecule has 1 aromatic carbocycles. The lowest BCUT2D eigenvalue weighted by molar-refractivity contribution is -0.113. The number of carbonyl (C=O) groups is 1. The van der Waals surface area contributed by atoms with E-state index in [0.717, 1.165) is 34.6 Å². The third-order valence-electron chi connectivity index (χ3n) is 4.96. The van der Waals surface area contributed by atoms with E-state index in [1.54, 1.807) is 10.9 Å². The van der Waals surface area contributed by atoms with Gasteiger partial charge in [0.15, 0.2) is 0 Å². The second-order valence-corrected chi connectivity index (χ2v) is 7.00. The van der Waals surface area contributed by atoms with Crippen molar-refractivity contribution in [2.24, 2.45) is 0 Å². The van der Waals surface area contributed by atoms with Gasteiger partial charge in [-0.1, -0.05) is 17.7 Å². The summed E-state index contributed by atoms with van der Waals surface area (Å²) in [6, 6.07) is 5.57. The standard InChI is InChI=1S/C20H23N7O/c1-5-26-10-15(9-22-26)18-17(14(4)24-20-21-11-23-27(18)20)19(28)25-16-7-6-12(2)8-13(16)3/h6-11,18H,5H2,1-4H3,(H,25,28)(H,21,23,24). The lowest BCUT2D eigenvalue weighted by Gasteiger charge is -2.28. The zero-order chi connectivity index (χ0) is 19.8. The molecule has 0 aliphatic carbocycles. The van der Waals surface area contributed by atoms with Gasteiger partial charge in [-0.05, 0) is 39.3 Å². The third kappa shape index (κ3) is 3.06. The first-order valence-corrected chi connectivity index (χ1v) is 9.26. The van der Waals surface area contributed by atoms with Gasteiger partial charge in [0.05, 0.1) is 11.8 Å². The third-order valence-corrected chi connectivity index (χ3v) is 4.96. The van der Waals surface area contributed by atoms with Crippen LogP contribution in [0.1, 0.15) is 36.6 Å². The Morgan fingerprint density at radius 3 is 2.79 bits per heavy atom. The Labute approximate surface area is 163 Å². The predicted octanol–water partition coefficient (Wildman–Crippen LogP) is 3.04. The SMILES string of the molecule is CCn1cc(C2C(C(=O)Nc3ccc(C)cc3C)=C(C)Nc3ncnn32)cn1. The molecule has 0 radical (unpaired) electrons. The zero-order valence-corrected chi connectivity index (χ0v) is 16.4. The van der Waals surface area contributed by atoms with Crippen LogP contribution >= 0.6 is 0 Å². The number of rotatable bonds is 4. The topological polar surface area (TPSA) is 89.7 Å². The van der Waals surface area contributed by atoms with E-state index in [4.69, 9.17) is 0 Å². The number of anilines is 2. The number of fused-ring (bicyclic) bond motifs is 1. The summed E-state index contributed by atoms with van der Waals surface area (Å²) in [4.78, 5) is 17.6. The van der Waals surface area contributed by atoms with Crippen molar-refractivity contribution in [3.8, 4) is 0 Å². The second-order valence-electron chi connectivity index (χ2n) is 7.00. The minimum Gasteiger partial charge on any atom is -0.328 e. The summed E-state index contributed by atoms with van der Waals surface area (Å²) in [7, 11) is 0. The summed E-state index contributed by atoms with van der Waals surface area (Å²) < 4.78 is 3.56. The van der Waals surface area contributed by atoms with E-state index in [0.29, 0.717) is 11.5 Å². The van der Waals surface area contributed by atoms with E-state index in [-0.39, 0.29) is 5.91 Å². The van der Waals surface area contributed by atoms with Crippen molar-refractivity contribution in [3.63, 3.8) is 0 Å². The number of allylic oxidation sites excluding steroid dienone is 1. The lowest BCUT2D eigenvalue weighted by Crippen LogP contribution is -2.31. The minimum atomic E-state index is -0.398. The molecule has 1 aliphatic rings. The molecule has 2 N–H and O–H groups in total. The van der Waals surface area contributed by atoms with Gasteiger partial charge in [-0.2, -0.15) is 15.2 Å². The number of aryl methyl sites for hydroxylation is 3. The Morgan fingerprint density at radius 2 is 2.07 bits per heavy atom. The molecule has 3 heterocycles. The van der Waals surface area contributed by atoms with E-state index in [1.165, 1.54) is 6.33 Å². The molecule has 28 heavy (non-hydrogen) atoms. The Kier molecular flexibility index (Phi) is 4.46. The summed E-state index contributed by atoms with van der Waals surface area (Å²) in [5.74, 6) is 0.433. The molecule has 1 aliphatic heterocycles. The quantitative estimate of drug-likeness (QED) is 0.729. The molecule has 0 saturated carbocycles. The molecule has 8 nitrogen and oxygen atoms in total. The average molecular weight is 377 g/mol. The van der Waals surface area contributed by atoms with E-state index in [9.17, 15) is 4.79 Å². The Balaban J connectivity index is 1.74. The first-order valence-electron chi connectivity index (χ1n) is 9.26. The van der Waals surface area contributed by atoms with Gasteiger partial charge < -0.3 is 10.6 Å². The summed E-state index contributed by atoms with van der Waals surface area (Å²) in [6.07, 6.45) is 5.21. The molecule has 3 aromatic rings. The van der Waals surface area contributed by atoms with Crippen molar-refractivity contribution in [1.82, 2.24) is 24.5 Å². The van der Waals surface area contributed by atoms with Crippen LogP contribution in [0.4, 0.5) is 11.6 Å². The summed E-state index contributed by atoms with van der Waals surface area (Å²) in [5.41, 5.74) is 5.20. The molecule has 144 valence electrons. The first-order chi connectivity index (χ1) is 13.5. The Bertz CT molecular complexity index is 1080. The van der Waals surface area contributed by atoms with Crippen LogP contribution in [0.25, 0.3) is 0 Å². The molecule has 4 rings (SSSR count). The highest BCUT2D eigenvalue weighted by Gasteiger charge is 2.34. The number of carbonyl (C=O) groups excluding carboxylic acids is 1. The number of aromatic nitrogens is 5. The van der Waals surface area contributed by atoms with Crippen molar-refractivity contribution in [3.05, 3.63) is 64.9 Å². The van der Waals surface area contributed by atoms with Gasteiger partial charge in [0.1, 0.15) is 12.4 Å². The minimum absolute atomic E-state index is 0.174. The Hall–Kier alpha value is -3.42. The highest BCUT2D eigenvalue weighted by atomic mass is 16.1. The van der Waals surface area contributed by atoms with Gasteiger partial charge in [-0.15, -0.1) is 0 Å². The summed E-state index contributed by atoms with van der Waals surface area (Å²) >= 11 is 0. The predicted molar refractivity (Wildman–Crippen MR) is 107 cm³/mol. The van der Waals surface area contributed by atoms with Crippen molar-refractivity contribution in [2.75, 3.05) is 10.6 Å². The molecule has 0 spiro atoms.